The van der Waals surface area contributed by atoms with Crippen LogP contribution in [0.1, 0.15) is 18.7 Å². The highest BCUT2D eigenvalue weighted by atomic mass is 32.1. The molecule has 2 atom stereocenters. The van der Waals surface area contributed by atoms with Gasteiger partial charge in [0.15, 0.2) is 6.10 Å². The lowest BCUT2D eigenvalue weighted by molar-refractivity contribution is -0.210. The zero-order chi connectivity index (χ0) is 13.3. The Morgan fingerprint density at radius 2 is 2.17 bits per heavy atom. The Morgan fingerprint density at radius 1 is 1.44 bits per heavy atom. The first-order valence-electron chi connectivity index (χ1n) is 4.87. The van der Waals surface area contributed by atoms with E-state index in [0.29, 0.717) is 4.88 Å². The molecule has 0 aliphatic carbocycles. The first-order valence-corrected chi connectivity index (χ1v) is 5.75. The molecule has 2 aromatic heterocycles. The van der Waals surface area contributed by atoms with Crippen molar-refractivity contribution in [1.82, 2.24) is 15.1 Å². The van der Waals surface area contributed by atoms with Crippen LogP contribution in [0.5, 0.6) is 0 Å². The van der Waals surface area contributed by atoms with E-state index >= 15 is 0 Å². The lowest BCUT2D eigenvalue weighted by Crippen LogP contribution is -2.33. The molecule has 2 unspecified atom stereocenters. The van der Waals surface area contributed by atoms with Gasteiger partial charge in [-0.05, 0) is 0 Å². The fourth-order valence-corrected chi connectivity index (χ4v) is 1.81. The van der Waals surface area contributed by atoms with Crippen molar-refractivity contribution in [3.8, 4) is 10.7 Å². The molecule has 0 aromatic carbocycles. The van der Waals surface area contributed by atoms with Gasteiger partial charge in [-0.3, -0.25) is 4.98 Å². The van der Waals surface area contributed by atoms with Gasteiger partial charge < -0.3 is 9.63 Å². The van der Waals surface area contributed by atoms with E-state index in [9.17, 15) is 13.2 Å². The van der Waals surface area contributed by atoms with Gasteiger partial charge in [-0.2, -0.15) is 18.2 Å². The predicted molar refractivity (Wildman–Crippen MR) is 55.9 cm³/mol. The van der Waals surface area contributed by atoms with Gasteiger partial charge in [0.25, 0.3) is 0 Å². The van der Waals surface area contributed by atoms with Gasteiger partial charge in [0.1, 0.15) is 0 Å². The first kappa shape index (κ1) is 13.0. The minimum Gasteiger partial charge on any atom is -0.383 e. The number of hydrogen-bond donors (Lipinski definition) is 1. The van der Waals surface area contributed by atoms with Crippen molar-refractivity contribution >= 4 is 11.3 Å². The summed E-state index contributed by atoms with van der Waals surface area (Å²) >= 11 is 1.23. The monoisotopic (exact) mass is 279 g/mol. The normalized spacial score (nSPS) is 15.6. The average molecular weight is 279 g/mol. The third kappa shape index (κ3) is 2.51. The molecule has 9 heteroatoms. The lowest BCUT2D eigenvalue weighted by Gasteiger charge is -2.17. The van der Waals surface area contributed by atoms with Crippen molar-refractivity contribution in [3.05, 3.63) is 17.6 Å². The van der Waals surface area contributed by atoms with Crippen molar-refractivity contribution < 1.29 is 22.8 Å². The summed E-state index contributed by atoms with van der Waals surface area (Å²) in [6, 6.07) is 0. The number of alkyl halides is 3. The predicted octanol–water partition coefficient (Wildman–Crippen LogP) is 2.22. The van der Waals surface area contributed by atoms with E-state index in [-0.39, 0.29) is 11.7 Å². The highest BCUT2D eigenvalue weighted by Crippen LogP contribution is 2.31. The van der Waals surface area contributed by atoms with Crippen LogP contribution in [0.15, 0.2) is 16.2 Å². The number of hydrogen-bond acceptors (Lipinski definition) is 6. The van der Waals surface area contributed by atoms with Gasteiger partial charge in [-0.1, -0.05) is 12.1 Å². The molecule has 2 aromatic rings. The molecule has 0 saturated carbocycles. The van der Waals surface area contributed by atoms with Crippen molar-refractivity contribution in [3.63, 3.8) is 0 Å². The number of halogens is 3. The average Bonchev–Trinajstić information content (AvgIpc) is 2.95. The van der Waals surface area contributed by atoms with Gasteiger partial charge >= 0.3 is 6.18 Å². The number of rotatable bonds is 3. The van der Waals surface area contributed by atoms with Crippen LogP contribution in [-0.2, 0) is 0 Å². The summed E-state index contributed by atoms with van der Waals surface area (Å²) in [6.07, 6.45) is -5.78. The highest BCUT2D eigenvalue weighted by Gasteiger charge is 2.44. The molecule has 0 radical (unpaired) electrons. The van der Waals surface area contributed by atoms with Crippen LogP contribution in [0, 0.1) is 0 Å². The zero-order valence-electron chi connectivity index (χ0n) is 9.05. The second-order valence-corrected chi connectivity index (χ2v) is 4.48. The molecular weight excluding hydrogens is 271 g/mol. The van der Waals surface area contributed by atoms with Crippen LogP contribution in [0.4, 0.5) is 13.2 Å². The SMILES string of the molecule is CC(c1nc(-c2cncs2)no1)C(O)C(F)(F)F. The van der Waals surface area contributed by atoms with Crippen LogP contribution in [0.25, 0.3) is 10.7 Å². The third-order valence-corrected chi connectivity index (χ3v) is 3.06. The van der Waals surface area contributed by atoms with Crippen LogP contribution in [-0.4, -0.2) is 32.5 Å². The van der Waals surface area contributed by atoms with E-state index in [1.165, 1.54) is 24.5 Å². The number of aliphatic hydroxyl groups is 1. The standard InChI is InChI=1S/C9H8F3N3O2S/c1-4(6(16)9(10,11)12)8-14-7(15-17-8)5-2-13-3-18-5/h2-4,6,16H,1H3. The summed E-state index contributed by atoms with van der Waals surface area (Å²) in [5, 5.41) is 12.6. The number of thiazole rings is 1. The van der Waals surface area contributed by atoms with E-state index in [2.05, 4.69) is 15.1 Å². The van der Waals surface area contributed by atoms with Gasteiger partial charge in [0, 0.05) is 6.20 Å². The molecule has 0 aliphatic heterocycles. The molecular formula is C9H8F3N3O2S. The number of nitrogens with zero attached hydrogens (tertiary/aromatic N) is 3. The Bertz CT molecular complexity index is 511. The second-order valence-electron chi connectivity index (χ2n) is 3.60. The smallest absolute Gasteiger partial charge is 0.383 e. The number of aromatic nitrogens is 3. The van der Waals surface area contributed by atoms with Gasteiger partial charge in [0.05, 0.1) is 16.3 Å². The summed E-state index contributed by atoms with van der Waals surface area (Å²) < 4.78 is 41.7. The summed E-state index contributed by atoms with van der Waals surface area (Å²) in [4.78, 5) is 8.20. The summed E-state index contributed by atoms with van der Waals surface area (Å²) in [7, 11) is 0. The van der Waals surface area contributed by atoms with Crippen molar-refractivity contribution in [2.24, 2.45) is 0 Å². The first-order chi connectivity index (χ1) is 8.39. The molecule has 18 heavy (non-hydrogen) atoms. The topological polar surface area (TPSA) is 72.0 Å². The summed E-state index contributed by atoms with van der Waals surface area (Å²) in [5.74, 6) is -1.42. The van der Waals surface area contributed by atoms with Gasteiger partial charge in [-0.15, -0.1) is 11.3 Å². The van der Waals surface area contributed by atoms with E-state index in [0.717, 1.165) is 0 Å². The summed E-state index contributed by atoms with van der Waals surface area (Å²) in [6.45, 7) is 1.17. The molecule has 2 rings (SSSR count). The van der Waals surface area contributed by atoms with Crippen LogP contribution < -0.4 is 0 Å². The zero-order valence-corrected chi connectivity index (χ0v) is 9.87. The molecule has 0 aliphatic rings. The maximum Gasteiger partial charge on any atom is 0.415 e. The molecule has 2 heterocycles. The molecule has 0 spiro atoms. The third-order valence-electron chi connectivity index (χ3n) is 2.29. The number of aliphatic hydroxyl groups excluding tert-OH is 1. The fraction of sp³-hybridized carbons (Fsp3) is 0.444. The van der Waals surface area contributed by atoms with E-state index in [4.69, 9.17) is 9.63 Å². The minimum atomic E-state index is -4.72. The second kappa shape index (κ2) is 4.65. The van der Waals surface area contributed by atoms with E-state index in [1.807, 2.05) is 0 Å². The molecule has 0 fully saturated rings. The molecule has 98 valence electrons. The molecule has 0 bridgehead atoms. The minimum absolute atomic E-state index is 0.161. The molecule has 5 nitrogen and oxygen atoms in total. The van der Waals surface area contributed by atoms with Crippen LogP contribution in [0.2, 0.25) is 0 Å². The van der Waals surface area contributed by atoms with Gasteiger partial charge in [-0.25, -0.2) is 0 Å². The van der Waals surface area contributed by atoms with Crippen molar-refractivity contribution in [2.45, 2.75) is 25.1 Å². The van der Waals surface area contributed by atoms with Gasteiger partial charge in [0.2, 0.25) is 11.7 Å². The molecule has 0 saturated heterocycles. The maximum absolute atomic E-state index is 12.3. The molecule has 1 N–H and O–H groups in total. The Labute approximate surface area is 103 Å². The van der Waals surface area contributed by atoms with Crippen molar-refractivity contribution in [2.75, 3.05) is 0 Å². The Morgan fingerprint density at radius 3 is 2.72 bits per heavy atom. The lowest BCUT2D eigenvalue weighted by atomic mass is 10.1. The van der Waals surface area contributed by atoms with Crippen LogP contribution in [0.3, 0.4) is 0 Å². The van der Waals surface area contributed by atoms with Crippen molar-refractivity contribution in [1.29, 1.82) is 0 Å². The van der Waals surface area contributed by atoms with E-state index < -0.39 is 18.2 Å². The Kier molecular flexibility index (Phi) is 3.35. The summed E-state index contributed by atoms with van der Waals surface area (Å²) in [5.41, 5.74) is 1.54. The van der Waals surface area contributed by atoms with E-state index in [1.54, 1.807) is 5.51 Å². The highest BCUT2D eigenvalue weighted by molar-refractivity contribution is 7.13. The quantitative estimate of drug-likeness (QED) is 0.932. The maximum atomic E-state index is 12.3. The van der Waals surface area contributed by atoms with Crippen LogP contribution >= 0.6 is 11.3 Å². The Balaban J connectivity index is 2.20. The Hall–Kier alpha value is -1.48. The fourth-order valence-electron chi connectivity index (χ4n) is 1.26. The largest absolute Gasteiger partial charge is 0.415 e. The molecule has 0 amide bonds.